The van der Waals surface area contributed by atoms with Crippen LogP contribution in [0.2, 0.25) is 5.02 Å². The lowest BCUT2D eigenvalue weighted by Gasteiger charge is -2.10. The summed E-state index contributed by atoms with van der Waals surface area (Å²) < 4.78 is 7.20. The molecule has 0 spiro atoms. The van der Waals surface area contributed by atoms with Crippen molar-refractivity contribution in [2.75, 3.05) is 11.9 Å². The van der Waals surface area contributed by atoms with E-state index in [9.17, 15) is 9.59 Å². The molecule has 164 valence electrons. The molecule has 4 rings (SSSR count). The predicted molar refractivity (Wildman–Crippen MR) is 131 cm³/mol. The Balaban J connectivity index is 1.77. The van der Waals surface area contributed by atoms with E-state index in [1.807, 2.05) is 66.9 Å². The van der Waals surface area contributed by atoms with Gasteiger partial charge in [-0.05, 0) is 56.2 Å². The number of carbonyl (C=O) groups is 2. The molecule has 32 heavy (non-hydrogen) atoms. The van der Waals surface area contributed by atoms with Crippen LogP contribution >= 0.6 is 22.9 Å². The minimum Gasteiger partial charge on any atom is -0.462 e. The van der Waals surface area contributed by atoms with Crippen molar-refractivity contribution >= 4 is 50.7 Å². The molecule has 0 aliphatic carbocycles. The summed E-state index contributed by atoms with van der Waals surface area (Å²) in [5.74, 6) is -0.732. The maximum atomic E-state index is 13.4. The Morgan fingerprint density at radius 2 is 1.84 bits per heavy atom. The van der Waals surface area contributed by atoms with Crippen LogP contribution in [0.15, 0.2) is 54.6 Å². The molecule has 0 radical (unpaired) electrons. The van der Waals surface area contributed by atoms with E-state index in [1.165, 1.54) is 11.3 Å². The van der Waals surface area contributed by atoms with Gasteiger partial charge in [-0.25, -0.2) is 4.79 Å². The van der Waals surface area contributed by atoms with Gasteiger partial charge in [0.15, 0.2) is 0 Å². The number of hydrogen-bond acceptors (Lipinski definition) is 4. The molecule has 7 heteroatoms. The molecule has 5 nitrogen and oxygen atoms in total. The van der Waals surface area contributed by atoms with Gasteiger partial charge in [-0.2, -0.15) is 0 Å². The summed E-state index contributed by atoms with van der Waals surface area (Å²) in [6, 6.07) is 17.1. The molecule has 1 N–H and O–H groups in total. The minimum absolute atomic E-state index is 0.257. The van der Waals surface area contributed by atoms with Crippen molar-refractivity contribution in [1.29, 1.82) is 0 Å². The summed E-state index contributed by atoms with van der Waals surface area (Å²) >= 11 is 7.55. The Bertz CT molecular complexity index is 1310. The Labute approximate surface area is 195 Å². The van der Waals surface area contributed by atoms with E-state index in [-0.39, 0.29) is 12.5 Å². The second-order valence-corrected chi connectivity index (χ2v) is 8.76. The summed E-state index contributed by atoms with van der Waals surface area (Å²) in [5.41, 5.74) is 3.66. The molecule has 0 atom stereocenters. The summed E-state index contributed by atoms with van der Waals surface area (Å²) in [6.45, 7) is 6.55. The van der Waals surface area contributed by atoms with Gasteiger partial charge in [0.1, 0.15) is 10.7 Å². The highest BCUT2D eigenvalue weighted by Crippen LogP contribution is 2.37. The van der Waals surface area contributed by atoms with Crippen molar-refractivity contribution in [1.82, 2.24) is 4.57 Å². The first-order valence-corrected chi connectivity index (χ1v) is 11.6. The van der Waals surface area contributed by atoms with E-state index in [4.69, 9.17) is 16.3 Å². The lowest BCUT2D eigenvalue weighted by Crippen LogP contribution is -2.19. The highest BCUT2D eigenvalue weighted by Gasteiger charge is 2.24. The quantitative estimate of drug-likeness (QED) is 0.318. The zero-order valence-corrected chi connectivity index (χ0v) is 19.6. The Kier molecular flexibility index (Phi) is 6.35. The second kappa shape index (κ2) is 9.18. The van der Waals surface area contributed by atoms with Gasteiger partial charge in [0, 0.05) is 27.3 Å². The van der Waals surface area contributed by atoms with E-state index in [0.29, 0.717) is 27.8 Å². The van der Waals surface area contributed by atoms with Gasteiger partial charge >= 0.3 is 5.97 Å². The lowest BCUT2D eigenvalue weighted by atomic mass is 10.1. The van der Waals surface area contributed by atoms with Crippen LogP contribution < -0.4 is 5.32 Å². The normalized spacial score (nSPS) is 11.0. The molecular weight excluding hydrogens is 444 g/mol. The van der Waals surface area contributed by atoms with E-state index >= 15 is 0 Å². The Morgan fingerprint density at radius 1 is 1.09 bits per heavy atom. The molecule has 0 unspecified atom stereocenters. The number of halogens is 1. The maximum absolute atomic E-state index is 13.4. The van der Waals surface area contributed by atoms with Crippen molar-refractivity contribution in [2.24, 2.45) is 0 Å². The SMILES string of the molecule is CCOC(=O)c1cc(-c2ccccc2)sc1NC(=O)c1c(C)c2cc(Cl)ccc2n1CC. The van der Waals surface area contributed by atoms with E-state index in [1.54, 1.807) is 13.0 Å². The van der Waals surface area contributed by atoms with Crippen molar-refractivity contribution in [3.63, 3.8) is 0 Å². The number of amides is 1. The van der Waals surface area contributed by atoms with Crippen LogP contribution in [0.3, 0.4) is 0 Å². The van der Waals surface area contributed by atoms with Crippen LogP contribution in [0.5, 0.6) is 0 Å². The number of aromatic nitrogens is 1. The number of nitrogens with one attached hydrogen (secondary N) is 1. The smallest absolute Gasteiger partial charge is 0.341 e. The number of rotatable bonds is 6. The number of fused-ring (bicyclic) bond motifs is 1. The van der Waals surface area contributed by atoms with E-state index < -0.39 is 5.97 Å². The predicted octanol–water partition coefficient (Wildman–Crippen LogP) is 6.78. The van der Waals surface area contributed by atoms with Gasteiger partial charge in [0.25, 0.3) is 5.91 Å². The first-order chi connectivity index (χ1) is 15.4. The summed E-state index contributed by atoms with van der Waals surface area (Å²) in [4.78, 5) is 26.9. The number of anilines is 1. The molecule has 2 heterocycles. The fourth-order valence-electron chi connectivity index (χ4n) is 3.87. The fourth-order valence-corrected chi connectivity index (χ4v) is 5.09. The lowest BCUT2D eigenvalue weighted by molar-refractivity contribution is 0.0528. The fraction of sp³-hybridized carbons (Fsp3) is 0.200. The van der Waals surface area contributed by atoms with E-state index in [0.717, 1.165) is 26.9 Å². The molecule has 0 saturated carbocycles. The molecule has 0 aliphatic rings. The first-order valence-electron chi connectivity index (χ1n) is 10.4. The third-order valence-electron chi connectivity index (χ3n) is 5.32. The number of esters is 1. The molecule has 1 amide bonds. The highest BCUT2D eigenvalue weighted by atomic mass is 35.5. The van der Waals surface area contributed by atoms with Gasteiger partial charge in [-0.1, -0.05) is 41.9 Å². The number of nitrogens with zero attached hydrogens (tertiary/aromatic N) is 1. The Hall–Kier alpha value is -3.09. The van der Waals surface area contributed by atoms with Gasteiger partial charge in [-0.3, -0.25) is 4.79 Å². The van der Waals surface area contributed by atoms with Crippen LogP contribution in [0, 0.1) is 6.92 Å². The number of hydrogen-bond donors (Lipinski definition) is 1. The van der Waals surface area contributed by atoms with Crippen LogP contribution in [0.1, 0.15) is 40.3 Å². The highest BCUT2D eigenvalue weighted by molar-refractivity contribution is 7.20. The standard InChI is InChI=1S/C25H23ClN2O3S/c1-4-28-20-12-11-17(26)13-18(20)15(3)22(28)23(29)27-24-19(25(30)31-5-2)14-21(32-24)16-9-7-6-8-10-16/h6-14H,4-5H2,1-3H3,(H,27,29). The third kappa shape index (κ3) is 4.04. The van der Waals surface area contributed by atoms with Gasteiger partial charge in [0.2, 0.25) is 0 Å². The van der Waals surface area contributed by atoms with Crippen molar-refractivity contribution in [3.8, 4) is 10.4 Å². The van der Waals surface area contributed by atoms with Gasteiger partial charge in [-0.15, -0.1) is 11.3 Å². The van der Waals surface area contributed by atoms with Crippen molar-refractivity contribution in [2.45, 2.75) is 27.3 Å². The van der Waals surface area contributed by atoms with E-state index in [2.05, 4.69) is 5.32 Å². The molecular formula is C25H23ClN2O3S. The minimum atomic E-state index is -0.458. The average Bonchev–Trinajstić information content (AvgIpc) is 3.33. The van der Waals surface area contributed by atoms with Crippen LogP contribution in [-0.4, -0.2) is 23.1 Å². The third-order valence-corrected chi connectivity index (χ3v) is 6.66. The number of benzene rings is 2. The first kappa shape index (κ1) is 22.1. The van der Waals surface area contributed by atoms with Gasteiger partial charge in [0.05, 0.1) is 12.2 Å². The van der Waals surface area contributed by atoms with Crippen LogP contribution in [0.25, 0.3) is 21.3 Å². The average molecular weight is 467 g/mol. The molecule has 0 bridgehead atoms. The molecule has 2 aromatic heterocycles. The zero-order chi connectivity index (χ0) is 22.8. The van der Waals surface area contributed by atoms with Crippen molar-refractivity contribution in [3.05, 3.63) is 76.4 Å². The largest absolute Gasteiger partial charge is 0.462 e. The summed E-state index contributed by atoms with van der Waals surface area (Å²) in [5, 5.41) is 5.00. The van der Waals surface area contributed by atoms with Gasteiger partial charge < -0.3 is 14.6 Å². The molecule has 4 aromatic rings. The zero-order valence-electron chi connectivity index (χ0n) is 18.1. The molecule has 0 saturated heterocycles. The topological polar surface area (TPSA) is 60.3 Å². The number of aryl methyl sites for hydroxylation is 2. The number of thiophene rings is 1. The number of ether oxygens (including phenoxy) is 1. The maximum Gasteiger partial charge on any atom is 0.341 e. The summed E-state index contributed by atoms with van der Waals surface area (Å²) in [6.07, 6.45) is 0. The summed E-state index contributed by atoms with van der Waals surface area (Å²) in [7, 11) is 0. The molecule has 2 aromatic carbocycles. The second-order valence-electron chi connectivity index (χ2n) is 7.27. The van der Waals surface area contributed by atoms with Crippen molar-refractivity contribution < 1.29 is 14.3 Å². The monoisotopic (exact) mass is 466 g/mol. The number of carbonyl (C=O) groups excluding carboxylic acids is 2. The molecule has 0 aliphatic heterocycles. The Morgan fingerprint density at radius 3 is 2.53 bits per heavy atom. The van der Waals surface area contributed by atoms with Crippen LogP contribution in [-0.2, 0) is 11.3 Å². The molecule has 0 fully saturated rings. The van der Waals surface area contributed by atoms with Crippen LogP contribution in [0.4, 0.5) is 5.00 Å².